The second-order valence-corrected chi connectivity index (χ2v) is 7.23. The number of hydrogen-bond acceptors (Lipinski definition) is 2. The van der Waals surface area contributed by atoms with Gasteiger partial charge in [0.05, 0.1) is 11.4 Å². The van der Waals surface area contributed by atoms with Gasteiger partial charge < -0.3 is 4.57 Å². The summed E-state index contributed by atoms with van der Waals surface area (Å²) in [6.07, 6.45) is 2.40. The monoisotopic (exact) mass is 338 g/mol. The summed E-state index contributed by atoms with van der Waals surface area (Å²) in [5.74, 6) is -0.231. The number of halogens is 1. The van der Waals surface area contributed by atoms with Gasteiger partial charge in [-0.25, -0.2) is 9.38 Å². The van der Waals surface area contributed by atoms with Gasteiger partial charge in [-0.1, -0.05) is 12.1 Å². The molecule has 24 heavy (non-hydrogen) atoms. The highest BCUT2D eigenvalue weighted by molar-refractivity contribution is 7.07. The highest BCUT2D eigenvalue weighted by Crippen LogP contribution is 2.38. The summed E-state index contributed by atoms with van der Waals surface area (Å²) in [5, 5.41) is 2.19. The van der Waals surface area contributed by atoms with E-state index in [0.29, 0.717) is 6.04 Å². The zero-order valence-corrected chi connectivity index (χ0v) is 14.6. The first-order valence-electron chi connectivity index (χ1n) is 8.20. The van der Waals surface area contributed by atoms with Crippen molar-refractivity contribution < 1.29 is 4.39 Å². The molecule has 1 heterocycles. The third-order valence-electron chi connectivity index (χ3n) is 4.51. The van der Waals surface area contributed by atoms with E-state index < -0.39 is 0 Å². The van der Waals surface area contributed by atoms with Crippen LogP contribution in [0.5, 0.6) is 0 Å². The highest BCUT2D eigenvalue weighted by Gasteiger charge is 2.27. The molecule has 2 nitrogen and oxygen atoms in total. The van der Waals surface area contributed by atoms with Gasteiger partial charge in [0.15, 0.2) is 4.80 Å². The number of benzene rings is 2. The molecule has 0 spiro atoms. The second kappa shape index (κ2) is 6.02. The predicted molar refractivity (Wildman–Crippen MR) is 97.1 cm³/mol. The lowest BCUT2D eigenvalue weighted by molar-refractivity contribution is 0.628. The van der Waals surface area contributed by atoms with Gasteiger partial charge >= 0.3 is 0 Å². The molecular weight excluding hydrogens is 319 g/mol. The van der Waals surface area contributed by atoms with Crippen LogP contribution in [0.1, 0.15) is 30.0 Å². The first-order chi connectivity index (χ1) is 11.6. The molecule has 0 amide bonds. The van der Waals surface area contributed by atoms with Gasteiger partial charge in [0.1, 0.15) is 5.82 Å². The van der Waals surface area contributed by atoms with Gasteiger partial charge in [0, 0.05) is 11.4 Å². The van der Waals surface area contributed by atoms with E-state index in [1.54, 1.807) is 23.5 Å². The minimum absolute atomic E-state index is 0.231. The average Bonchev–Trinajstić information content (AvgIpc) is 3.33. The highest BCUT2D eigenvalue weighted by atomic mass is 32.1. The molecule has 0 aliphatic heterocycles. The van der Waals surface area contributed by atoms with Crippen LogP contribution in [-0.2, 0) is 0 Å². The molecule has 122 valence electrons. The van der Waals surface area contributed by atoms with Crippen LogP contribution < -0.4 is 4.80 Å². The Morgan fingerprint density at radius 2 is 1.79 bits per heavy atom. The summed E-state index contributed by atoms with van der Waals surface area (Å²) in [5.41, 5.74) is 5.87. The van der Waals surface area contributed by atoms with Crippen molar-refractivity contribution >= 4 is 17.0 Å². The fourth-order valence-corrected chi connectivity index (χ4v) is 3.81. The van der Waals surface area contributed by atoms with E-state index in [-0.39, 0.29) is 5.82 Å². The molecule has 4 heteroatoms. The molecular formula is C20H19FN2S. The van der Waals surface area contributed by atoms with E-state index in [4.69, 9.17) is 4.99 Å². The van der Waals surface area contributed by atoms with Gasteiger partial charge in [-0.2, -0.15) is 0 Å². The standard InChI is InChI=1S/C20H19FN2S/c1-13-3-4-15(11-14(13)2)19-12-24-20(23(19)18-9-10-18)22-17-7-5-16(21)6-8-17/h3-8,11-12,18H,9-10H2,1-2H3. The molecule has 2 aromatic carbocycles. The molecule has 0 atom stereocenters. The Kier molecular flexibility index (Phi) is 3.85. The van der Waals surface area contributed by atoms with Gasteiger partial charge in [-0.15, -0.1) is 11.3 Å². The zero-order chi connectivity index (χ0) is 16.7. The van der Waals surface area contributed by atoms with E-state index in [0.717, 1.165) is 10.5 Å². The summed E-state index contributed by atoms with van der Waals surface area (Å²) in [6.45, 7) is 4.29. The van der Waals surface area contributed by atoms with Crippen molar-refractivity contribution in [3.63, 3.8) is 0 Å². The van der Waals surface area contributed by atoms with Crippen molar-refractivity contribution in [2.75, 3.05) is 0 Å². The average molecular weight is 338 g/mol. The molecule has 1 aromatic heterocycles. The van der Waals surface area contributed by atoms with Crippen LogP contribution in [-0.4, -0.2) is 4.57 Å². The molecule has 1 fully saturated rings. The van der Waals surface area contributed by atoms with Crippen molar-refractivity contribution in [2.45, 2.75) is 32.7 Å². The van der Waals surface area contributed by atoms with Crippen LogP contribution >= 0.6 is 11.3 Å². The van der Waals surface area contributed by atoms with Crippen LogP contribution in [0.3, 0.4) is 0 Å². The van der Waals surface area contributed by atoms with Crippen LogP contribution in [0.2, 0.25) is 0 Å². The number of hydrogen-bond donors (Lipinski definition) is 0. The molecule has 0 saturated heterocycles. The Balaban J connectivity index is 1.83. The third kappa shape index (κ3) is 2.94. The summed E-state index contributed by atoms with van der Waals surface area (Å²) >= 11 is 1.65. The van der Waals surface area contributed by atoms with E-state index in [9.17, 15) is 4.39 Å². The number of aromatic nitrogens is 1. The minimum Gasteiger partial charge on any atom is -0.313 e. The van der Waals surface area contributed by atoms with Gasteiger partial charge in [0.2, 0.25) is 0 Å². The maximum Gasteiger partial charge on any atom is 0.190 e. The maximum absolute atomic E-state index is 13.1. The van der Waals surface area contributed by atoms with Crippen molar-refractivity contribution in [3.8, 4) is 11.3 Å². The normalized spacial score (nSPS) is 15.0. The Labute approximate surface area is 144 Å². The summed E-state index contributed by atoms with van der Waals surface area (Å²) in [7, 11) is 0. The minimum atomic E-state index is -0.231. The van der Waals surface area contributed by atoms with Crippen LogP contribution in [0.15, 0.2) is 52.8 Å². The smallest absolute Gasteiger partial charge is 0.190 e. The first-order valence-corrected chi connectivity index (χ1v) is 9.08. The number of rotatable bonds is 3. The first kappa shape index (κ1) is 15.3. The van der Waals surface area contributed by atoms with Crippen molar-refractivity contribution in [2.24, 2.45) is 4.99 Å². The Morgan fingerprint density at radius 1 is 1.04 bits per heavy atom. The fourth-order valence-electron chi connectivity index (χ4n) is 2.82. The number of nitrogens with zero attached hydrogens (tertiary/aromatic N) is 2. The summed E-state index contributed by atoms with van der Waals surface area (Å²) in [4.78, 5) is 5.73. The number of thiazole rings is 1. The summed E-state index contributed by atoms with van der Waals surface area (Å²) < 4.78 is 15.4. The molecule has 4 rings (SSSR count). The van der Waals surface area contributed by atoms with Gasteiger partial charge in [-0.3, -0.25) is 0 Å². The molecule has 0 bridgehead atoms. The molecule has 0 radical (unpaired) electrons. The molecule has 0 N–H and O–H groups in total. The van der Waals surface area contributed by atoms with Crippen LogP contribution in [0.4, 0.5) is 10.1 Å². The molecule has 1 aliphatic rings. The van der Waals surface area contributed by atoms with Crippen molar-refractivity contribution in [3.05, 3.63) is 69.6 Å². The maximum atomic E-state index is 13.1. The zero-order valence-electron chi connectivity index (χ0n) is 13.8. The Hall–Kier alpha value is -2.20. The van der Waals surface area contributed by atoms with E-state index in [1.807, 2.05) is 0 Å². The lowest BCUT2D eigenvalue weighted by Crippen LogP contribution is -2.14. The predicted octanol–water partition coefficient (Wildman–Crippen LogP) is 5.54. The molecule has 1 saturated carbocycles. The Morgan fingerprint density at radius 3 is 2.46 bits per heavy atom. The topological polar surface area (TPSA) is 17.3 Å². The van der Waals surface area contributed by atoms with Gasteiger partial charge in [0.25, 0.3) is 0 Å². The van der Waals surface area contributed by atoms with Crippen molar-refractivity contribution in [1.82, 2.24) is 4.57 Å². The quantitative estimate of drug-likeness (QED) is 0.596. The van der Waals surface area contributed by atoms with Crippen LogP contribution in [0.25, 0.3) is 11.3 Å². The van der Waals surface area contributed by atoms with Crippen LogP contribution in [0, 0.1) is 19.7 Å². The Bertz CT molecular complexity index is 947. The van der Waals surface area contributed by atoms with Gasteiger partial charge in [-0.05, 0) is 73.7 Å². The fraction of sp³-hybridized carbons (Fsp3) is 0.250. The van der Waals surface area contributed by atoms with Crippen molar-refractivity contribution in [1.29, 1.82) is 0 Å². The van der Waals surface area contributed by atoms with E-state index in [2.05, 4.69) is 42.0 Å². The lowest BCUT2D eigenvalue weighted by Gasteiger charge is -2.09. The molecule has 1 aliphatic carbocycles. The van der Waals surface area contributed by atoms with E-state index in [1.165, 1.54) is 47.4 Å². The largest absolute Gasteiger partial charge is 0.313 e. The summed E-state index contributed by atoms with van der Waals surface area (Å²) in [6, 6.07) is 13.5. The SMILES string of the molecule is Cc1ccc(-c2csc(=Nc3ccc(F)cc3)n2C2CC2)cc1C. The third-order valence-corrected chi connectivity index (χ3v) is 5.35. The number of aryl methyl sites for hydroxylation is 2. The molecule has 3 aromatic rings. The van der Waals surface area contributed by atoms with E-state index >= 15 is 0 Å². The second-order valence-electron chi connectivity index (χ2n) is 6.39. The lowest BCUT2D eigenvalue weighted by atomic mass is 10.0. The molecule has 0 unspecified atom stereocenters.